The van der Waals surface area contributed by atoms with Crippen LogP contribution in [0.1, 0.15) is 17.9 Å². The predicted octanol–water partition coefficient (Wildman–Crippen LogP) is 3.61. The highest BCUT2D eigenvalue weighted by Crippen LogP contribution is 2.53. The number of benzene rings is 1. The lowest BCUT2D eigenvalue weighted by atomic mass is 10.1. The lowest BCUT2D eigenvalue weighted by molar-refractivity contribution is -0.113. The average molecular weight is 322 g/mol. The second-order valence-corrected chi connectivity index (χ2v) is 5.18. The molecular formula is C10H7Br2FO. The van der Waals surface area contributed by atoms with Crippen LogP contribution >= 0.6 is 31.9 Å². The molecule has 0 aliphatic heterocycles. The van der Waals surface area contributed by atoms with Crippen LogP contribution in [0.4, 0.5) is 4.39 Å². The molecule has 2 atom stereocenters. The van der Waals surface area contributed by atoms with E-state index >= 15 is 0 Å². The second-order valence-electron chi connectivity index (χ2n) is 3.47. The maximum Gasteiger partial charge on any atom is 0.173 e. The minimum atomic E-state index is -1.62. The molecule has 14 heavy (non-hydrogen) atoms. The SMILES string of the molecule is O=C[C@]1(F)C[C@H]1c1ccc(Br)c(Br)c1. The van der Waals surface area contributed by atoms with E-state index in [9.17, 15) is 9.18 Å². The average Bonchev–Trinajstić information content (AvgIpc) is 2.84. The second kappa shape index (κ2) is 3.42. The van der Waals surface area contributed by atoms with Crippen molar-refractivity contribution in [2.45, 2.75) is 18.0 Å². The van der Waals surface area contributed by atoms with Crippen LogP contribution in [0.5, 0.6) is 0 Å². The van der Waals surface area contributed by atoms with Gasteiger partial charge in [-0.25, -0.2) is 4.39 Å². The summed E-state index contributed by atoms with van der Waals surface area (Å²) in [6, 6.07) is 5.53. The van der Waals surface area contributed by atoms with Crippen molar-refractivity contribution in [3.05, 3.63) is 32.7 Å². The first-order valence-electron chi connectivity index (χ1n) is 4.17. The number of hydrogen-bond acceptors (Lipinski definition) is 1. The van der Waals surface area contributed by atoms with Crippen LogP contribution in [-0.4, -0.2) is 12.0 Å². The minimum Gasteiger partial charge on any atom is -0.300 e. The highest BCUT2D eigenvalue weighted by Gasteiger charge is 2.56. The Morgan fingerprint density at radius 1 is 1.43 bits per heavy atom. The Hall–Kier alpha value is -0.220. The van der Waals surface area contributed by atoms with E-state index in [1.807, 2.05) is 18.2 Å². The summed E-state index contributed by atoms with van der Waals surface area (Å²) >= 11 is 6.68. The summed E-state index contributed by atoms with van der Waals surface area (Å²) in [5.41, 5.74) is -0.748. The van der Waals surface area contributed by atoms with Gasteiger partial charge in [-0.15, -0.1) is 0 Å². The van der Waals surface area contributed by atoms with Gasteiger partial charge in [0.2, 0.25) is 0 Å². The molecule has 0 saturated heterocycles. The van der Waals surface area contributed by atoms with Crippen molar-refractivity contribution in [2.24, 2.45) is 0 Å². The lowest BCUT2D eigenvalue weighted by Crippen LogP contribution is -2.04. The molecule has 2 rings (SSSR count). The third-order valence-electron chi connectivity index (χ3n) is 2.48. The molecule has 4 heteroatoms. The third kappa shape index (κ3) is 1.65. The Balaban J connectivity index is 2.28. The Morgan fingerprint density at radius 2 is 2.14 bits per heavy atom. The number of hydrogen-bond donors (Lipinski definition) is 0. The fraction of sp³-hybridized carbons (Fsp3) is 0.300. The van der Waals surface area contributed by atoms with Gasteiger partial charge in [-0.05, 0) is 56.0 Å². The molecule has 0 heterocycles. The van der Waals surface area contributed by atoms with Crippen molar-refractivity contribution >= 4 is 38.1 Å². The number of halogens is 3. The molecule has 0 bridgehead atoms. The van der Waals surface area contributed by atoms with Gasteiger partial charge in [0.05, 0.1) is 0 Å². The normalized spacial score (nSPS) is 30.1. The van der Waals surface area contributed by atoms with Crippen molar-refractivity contribution in [1.29, 1.82) is 0 Å². The molecule has 0 spiro atoms. The lowest BCUT2D eigenvalue weighted by Gasteiger charge is -2.02. The fourth-order valence-corrected chi connectivity index (χ4v) is 2.15. The van der Waals surface area contributed by atoms with Gasteiger partial charge < -0.3 is 0 Å². The minimum absolute atomic E-state index is 0.260. The molecule has 1 saturated carbocycles. The zero-order valence-electron chi connectivity index (χ0n) is 7.14. The van der Waals surface area contributed by atoms with E-state index in [2.05, 4.69) is 31.9 Å². The molecule has 1 aliphatic rings. The smallest absolute Gasteiger partial charge is 0.173 e. The molecule has 1 nitrogen and oxygen atoms in total. The Morgan fingerprint density at radius 3 is 2.64 bits per heavy atom. The third-order valence-corrected chi connectivity index (χ3v) is 4.36. The van der Waals surface area contributed by atoms with E-state index in [0.717, 1.165) is 14.5 Å². The van der Waals surface area contributed by atoms with Gasteiger partial charge in [0.1, 0.15) is 0 Å². The van der Waals surface area contributed by atoms with Crippen molar-refractivity contribution < 1.29 is 9.18 Å². The van der Waals surface area contributed by atoms with Crippen molar-refractivity contribution in [1.82, 2.24) is 0 Å². The number of rotatable bonds is 2. The molecule has 0 unspecified atom stereocenters. The molecule has 1 fully saturated rings. The summed E-state index contributed by atoms with van der Waals surface area (Å²) < 4.78 is 15.2. The zero-order valence-corrected chi connectivity index (χ0v) is 10.3. The monoisotopic (exact) mass is 320 g/mol. The van der Waals surface area contributed by atoms with Gasteiger partial charge in [0.25, 0.3) is 0 Å². The van der Waals surface area contributed by atoms with Gasteiger partial charge >= 0.3 is 0 Å². The highest BCUT2D eigenvalue weighted by atomic mass is 79.9. The van der Waals surface area contributed by atoms with Crippen LogP contribution in [0, 0.1) is 0 Å². The maximum atomic E-state index is 13.4. The van der Waals surface area contributed by atoms with E-state index in [-0.39, 0.29) is 5.92 Å². The van der Waals surface area contributed by atoms with Crippen molar-refractivity contribution in [2.75, 3.05) is 0 Å². The van der Waals surface area contributed by atoms with Crippen LogP contribution in [0.15, 0.2) is 27.1 Å². The van der Waals surface area contributed by atoms with E-state index in [1.165, 1.54) is 0 Å². The van der Waals surface area contributed by atoms with Crippen LogP contribution in [0.3, 0.4) is 0 Å². The van der Waals surface area contributed by atoms with Crippen LogP contribution in [-0.2, 0) is 4.79 Å². The molecule has 74 valence electrons. The summed E-state index contributed by atoms with van der Waals surface area (Å²) in [5.74, 6) is -0.260. The van der Waals surface area contributed by atoms with E-state index in [1.54, 1.807) is 0 Å². The van der Waals surface area contributed by atoms with Gasteiger partial charge in [0, 0.05) is 14.9 Å². The summed E-state index contributed by atoms with van der Waals surface area (Å²) in [7, 11) is 0. The van der Waals surface area contributed by atoms with Crippen molar-refractivity contribution in [3.8, 4) is 0 Å². The highest BCUT2D eigenvalue weighted by molar-refractivity contribution is 9.13. The first-order chi connectivity index (χ1) is 6.57. The molecule has 0 N–H and O–H groups in total. The number of carbonyl (C=O) groups excluding carboxylic acids is 1. The maximum absolute atomic E-state index is 13.4. The van der Waals surface area contributed by atoms with Crippen molar-refractivity contribution in [3.63, 3.8) is 0 Å². The van der Waals surface area contributed by atoms with E-state index < -0.39 is 5.67 Å². The topological polar surface area (TPSA) is 17.1 Å². The molecule has 1 aromatic rings. The molecule has 0 aromatic heterocycles. The Labute approximate surface area is 97.9 Å². The Bertz CT molecular complexity index is 394. The summed E-state index contributed by atoms with van der Waals surface area (Å²) in [5, 5.41) is 0. The Kier molecular flexibility index (Phi) is 2.52. The largest absolute Gasteiger partial charge is 0.300 e. The van der Waals surface area contributed by atoms with Gasteiger partial charge in [-0.1, -0.05) is 6.07 Å². The zero-order chi connectivity index (χ0) is 10.3. The van der Waals surface area contributed by atoms with Gasteiger partial charge in [0.15, 0.2) is 12.0 Å². The molecule has 0 amide bonds. The standard InChI is InChI=1S/C10H7Br2FO/c11-8-2-1-6(3-9(8)12)7-4-10(7,13)5-14/h1-3,5,7H,4H2/t7-,10+/m0/s1. The van der Waals surface area contributed by atoms with E-state index in [0.29, 0.717) is 12.7 Å². The number of aldehydes is 1. The van der Waals surface area contributed by atoms with Crippen LogP contribution in [0.25, 0.3) is 0 Å². The first-order valence-corrected chi connectivity index (χ1v) is 5.75. The summed E-state index contributed by atoms with van der Waals surface area (Å²) in [6.07, 6.45) is 0.720. The first kappa shape index (κ1) is 10.3. The summed E-state index contributed by atoms with van der Waals surface area (Å²) in [4.78, 5) is 10.4. The van der Waals surface area contributed by atoms with Crippen LogP contribution in [0.2, 0.25) is 0 Å². The van der Waals surface area contributed by atoms with Gasteiger partial charge in [-0.3, -0.25) is 4.79 Å². The number of alkyl halides is 1. The molecule has 0 radical (unpaired) electrons. The van der Waals surface area contributed by atoms with Crippen LogP contribution < -0.4 is 0 Å². The van der Waals surface area contributed by atoms with Gasteiger partial charge in [-0.2, -0.15) is 0 Å². The molecule has 1 aliphatic carbocycles. The quantitative estimate of drug-likeness (QED) is 0.761. The summed E-state index contributed by atoms with van der Waals surface area (Å²) in [6.45, 7) is 0. The number of carbonyl (C=O) groups is 1. The van der Waals surface area contributed by atoms with E-state index in [4.69, 9.17) is 0 Å². The predicted molar refractivity (Wildman–Crippen MR) is 59.1 cm³/mol. The fourth-order valence-electron chi connectivity index (χ4n) is 1.51. The molecule has 1 aromatic carbocycles. The molecular weight excluding hydrogens is 315 g/mol.